The molecule has 0 aliphatic carbocycles. The van der Waals surface area contributed by atoms with E-state index in [1.807, 2.05) is 24.3 Å². The Morgan fingerprint density at radius 1 is 1.13 bits per heavy atom. The molecule has 4 N–H and O–H groups in total. The lowest BCUT2D eigenvalue weighted by Gasteiger charge is -2.27. The first kappa shape index (κ1) is 19.8. The lowest BCUT2D eigenvalue weighted by Crippen LogP contribution is -2.40. The number of hydrogen-bond acceptors (Lipinski definition) is 7. The molecule has 1 atom stereocenters. The summed E-state index contributed by atoms with van der Waals surface area (Å²) in [6.45, 7) is 0.588. The standard InChI is InChI=1S/C22H23N3O5/c1-28-16-7-4-13(10-18(16)29-2)19-15-6-5-14(27)11-17(15)30-22-20(19)21(23)25(12-24-22)8-3-9-26/h4-7,10-12,19,23,26-27H,3,8-9H2,1-2H3/p+1/t19-/m0/s1. The molecule has 0 amide bonds. The quantitative estimate of drug-likeness (QED) is 0.418. The van der Waals surface area contributed by atoms with Gasteiger partial charge in [0.2, 0.25) is 12.1 Å². The van der Waals surface area contributed by atoms with Gasteiger partial charge in [0, 0.05) is 24.7 Å². The summed E-state index contributed by atoms with van der Waals surface area (Å²) in [6, 6.07) is 10.7. The lowest BCUT2D eigenvalue weighted by atomic mass is 9.83. The molecule has 8 heteroatoms. The fourth-order valence-corrected chi connectivity index (χ4v) is 3.78. The Kier molecular flexibility index (Phi) is 5.33. The number of nitrogens with zero attached hydrogens (tertiary/aromatic N) is 2. The van der Waals surface area contributed by atoms with Crippen LogP contribution >= 0.6 is 0 Å². The van der Waals surface area contributed by atoms with Crippen molar-refractivity contribution in [1.29, 1.82) is 0 Å². The van der Waals surface area contributed by atoms with E-state index in [4.69, 9.17) is 19.9 Å². The molecule has 1 aliphatic rings. The van der Waals surface area contributed by atoms with E-state index >= 15 is 0 Å². The van der Waals surface area contributed by atoms with Crippen LogP contribution in [0.3, 0.4) is 0 Å². The zero-order chi connectivity index (χ0) is 21.3. The predicted octanol–water partition coefficient (Wildman–Crippen LogP) is 2.34. The average Bonchev–Trinajstić information content (AvgIpc) is 2.76. The SMILES string of the molecule is COc1ccc([C@H]2c3ccc(O)cc3Oc3nc[n+](CCCO)c(N)c32)cc1OC. The lowest BCUT2D eigenvalue weighted by molar-refractivity contribution is -0.686. The summed E-state index contributed by atoms with van der Waals surface area (Å²) in [7, 11) is 3.18. The Morgan fingerprint density at radius 3 is 2.67 bits per heavy atom. The number of aliphatic hydroxyl groups is 1. The van der Waals surface area contributed by atoms with Crippen molar-refractivity contribution < 1.29 is 29.0 Å². The van der Waals surface area contributed by atoms with Gasteiger partial charge in [-0.1, -0.05) is 17.1 Å². The molecule has 1 aromatic heterocycles. The highest BCUT2D eigenvalue weighted by Crippen LogP contribution is 2.49. The molecule has 2 aromatic carbocycles. The van der Waals surface area contributed by atoms with Crippen molar-refractivity contribution in [3.63, 3.8) is 0 Å². The van der Waals surface area contributed by atoms with Crippen molar-refractivity contribution in [1.82, 2.24) is 4.98 Å². The normalized spacial score (nSPS) is 14.4. The number of ether oxygens (including phenoxy) is 3. The number of aliphatic hydroxyl groups excluding tert-OH is 1. The number of hydrogen-bond donors (Lipinski definition) is 3. The zero-order valence-corrected chi connectivity index (χ0v) is 16.8. The summed E-state index contributed by atoms with van der Waals surface area (Å²) in [6.07, 6.45) is 2.16. The van der Waals surface area contributed by atoms with E-state index in [0.717, 1.165) is 16.7 Å². The Balaban J connectivity index is 1.93. The average molecular weight is 410 g/mol. The third kappa shape index (κ3) is 3.35. The van der Waals surface area contributed by atoms with Gasteiger partial charge in [-0.3, -0.25) is 0 Å². The van der Waals surface area contributed by atoms with Crippen molar-refractivity contribution in [2.45, 2.75) is 18.9 Å². The molecular formula is C22H24N3O5+. The number of nitrogen functional groups attached to an aromatic ring is 1. The van der Waals surface area contributed by atoms with Gasteiger partial charge in [0.15, 0.2) is 11.5 Å². The first-order valence-corrected chi connectivity index (χ1v) is 9.58. The zero-order valence-electron chi connectivity index (χ0n) is 16.8. The van der Waals surface area contributed by atoms with Crippen LogP contribution in [0.5, 0.6) is 28.9 Å². The minimum atomic E-state index is -0.293. The molecular weight excluding hydrogens is 386 g/mol. The molecule has 2 heterocycles. The molecule has 0 saturated carbocycles. The van der Waals surface area contributed by atoms with Gasteiger partial charge < -0.3 is 30.2 Å². The second-order valence-electron chi connectivity index (χ2n) is 6.99. The van der Waals surface area contributed by atoms with Gasteiger partial charge in [-0.15, -0.1) is 0 Å². The number of methoxy groups -OCH3 is 2. The molecule has 30 heavy (non-hydrogen) atoms. The Morgan fingerprint density at radius 2 is 1.93 bits per heavy atom. The van der Waals surface area contributed by atoms with Crippen LogP contribution in [0.1, 0.15) is 29.0 Å². The van der Waals surface area contributed by atoms with E-state index in [1.165, 1.54) is 0 Å². The Bertz CT molecular complexity index is 1090. The monoisotopic (exact) mass is 410 g/mol. The maximum absolute atomic E-state index is 9.95. The van der Waals surface area contributed by atoms with Gasteiger partial charge in [-0.25, -0.2) is 4.57 Å². The summed E-state index contributed by atoms with van der Waals surface area (Å²) < 4.78 is 18.7. The number of aromatic nitrogens is 2. The van der Waals surface area contributed by atoms with E-state index in [9.17, 15) is 10.2 Å². The summed E-state index contributed by atoms with van der Waals surface area (Å²) >= 11 is 0. The van der Waals surface area contributed by atoms with Crippen LogP contribution < -0.4 is 24.5 Å². The number of fused-ring (bicyclic) bond motifs is 2. The number of phenolic OH excluding ortho intramolecular Hbond substituents is 1. The van der Waals surface area contributed by atoms with Crippen LogP contribution in [0.15, 0.2) is 42.7 Å². The summed E-state index contributed by atoms with van der Waals surface area (Å²) in [4.78, 5) is 4.46. The minimum absolute atomic E-state index is 0.0568. The van der Waals surface area contributed by atoms with Crippen molar-refractivity contribution in [3.8, 4) is 28.9 Å². The van der Waals surface area contributed by atoms with Crippen molar-refractivity contribution >= 4 is 5.82 Å². The van der Waals surface area contributed by atoms with Gasteiger partial charge in [0.25, 0.3) is 0 Å². The maximum atomic E-state index is 9.95. The largest absolute Gasteiger partial charge is 0.508 e. The molecule has 0 bridgehead atoms. The highest BCUT2D eigenvalue weighted by molar-refractivity contribution is 5.63. The van der Waals surface area contributed by atoms with Gasteiger partial charge in [-0.2, -0.15) is 0 Å². The number of anilines is 1. The van der Waals surface area contributed by atoms with E-state index in [-0.39, 0.29) is 18.3 Å². The van der Waals surface area contributed by atoms with E-state index < -0.39 is 0 Å². The van der Waals surface area contributed by atoms with Crippen LogP contribution in [-0.2, 0) is 6.54 Å². The number of benzene rings is 2. The molecule has 1 aliphatic heterocycles. The van der Waals surface area contributed by atoms with Crippen LogP contribution in [0.25, 0.3) is 0 Å². The number of nitrogens with two attached hydrogens (primary N) is 1. The summed E-state index contributed by atoms with van der Waals surface area (Å²) in [5, 5.41) is 19.2. The van der Waals surface area contributed by atoms with Gasteiger partial charge in [0.1, 0.15) is 17.1 Å². The van der Waals surface area contributed by atoms with Gasteiger partial charge >= 0.3 is 5.88 Å². The van der Waals surface area contributed by atoms with Crippen LogP contribution in [-0.4, -0.2) is 36.0 Å². The maximum Gasteiger partial charge on any atom is 0.306 e. The van der Waals surface area contributed by atoms with Gasteiger partial charge in [-0.05, 0) is 23.8 Å². The molecule has 3 aromatic rings. The Labute approximate surface area is 174 Å². The molecule has 0 spiro atoms. The van der Waals surface area contributed by atoms with Crippen LogP contribution in [0.4, 0.5) is 5.82 Å². The molecule has 0 unspecified atom stereocenters. The highest BCUT2D eigenvalue weighted by atomic mass is 16.5. The van der Waals surface area contributed by atoms with Crippen LogP contribution in [0, 0.1) is 0 Å². The molecule has 0 saturated heterocycles. The highest BCUT2D eigenvalue weighted by Gasteiger charge is 2.36. The molecule has 4 rings (SSSR count). The van der Waals surface area contributed by atoms with Crippen molar-refractivity contribution in [2.75, 3.05) is 26.6 Å². The second-order valence-corrected chi connectivity index (χ2v) is 6.99. The Hall–Kier alpha value is -3.52. The van der Waals surface area contributed by atoms with Crippen molar-refractivity contribution in [2.24, 2.45) is 0 Å². The van der Waals surface area contributed by atoms with E-state index in [1.54, 1.807) is 37.2 Å². The fourth-order valence-electron chi connectivity index (χ4n) is 3.78. The number of rotatable bonds is 6. The minimum Gasteiger partial charge on any atom is -0.508 e. The van der Waals surface area contributed by atoms with E-state index in [2.05, 4.69) is 4.98 Å². The number of aryl methyl sites for hydroxylation is 1. The number of phenols is 1. The number of aromatic hydroxyl groups is 1. The molecule has 156 valence electrons. The van der Waals surface area contributed by atoms with Crippen LogP contribution in [0.2, 0.25) is 0 Å². The second kappa shape index (κ2) is 8.08. The first-order valence-electron chi connectivity index (χ1n) is 9.58. The van der Waals surface area contributed by atoms with E-state index in [0.29, 0.717) is 41.9 Å². The van der Waals surface area contributed by atoms with Crippen molar-refractivity contribution in [3.05, 3.63) is 59.4 Å². The topological polar surface area (TPSA) is 111 Å². The third-order valence-corrected chi connectivity index (χ3v) is 5.23. The smallest absolute Gasteiger partial charge is 0.306 e. The third-order valence-electron chi connectivity index (χ3n) is 5.23. The van der Waals surface area contributed by atoms with Gasteiger partial charge in [0.05, 0.1) is 26.7 Å². The predicted molar refractivity (Wildman–Crippen MR) is 109 cm³/mol. The first-order chi connectivity index (χ1) is 14.6. The summed E-state index contributed by atoms with van der Waals surface area (Å²) in [5.41, 5.74) is 9.03. The molecule has 0 fully saturated rings. The summed E-state index contributed by atoms with van der Waals surface area (Å²) in [5.74, 6) is 2.43. The molecule has 8 nitrogen and oxygen atoms in total. The molecule has 0 radical (unpaired) electrons. The fraction of sp³-hybridized carbons (Fsp3) is 0.273.